The Morgan fingerprint density at radius 2 is 1.71 bits per heavy atom. The van der Waals surface area contributed by atoms with E-state index in [-0.39, 0.29) is 5.38 Å². The van der Waals surface area contributed by atoms with Crippen LogP contribution in [-0.4, -0.2) is 11.9 Å². The van der Waals surface area contributed by atoms with Crippen molar-refractivity contribution in [3.05, 3.63) is 28.8 Å². The Labute approximate surface area is 91.5 Å². The molecule has 0 aromatic heterocycles. The first-order valence-corrected chi connectivity index (χ1v) is 5.40. The molecule has 1 nitrogen and oxygen atoms in total. The van der Waals surface area contributed by atoms with Gasteiger partial charge in [-0.3, -0.25) is 0 Å². The highest BCUT2D eigenvalue weighted by molar-refractivity contribution is 6.20. The molecule has 14 heavy (non-hydrogen) atoms. The molecule has 0 aliphatic rings. The molecule has 1 aromatic carbocycles. The Morgan fingerprint density at radius 1 is 1.21 bits per heavy atom. The number of hydrogen-bond donors (Lipinski definition) is 1. The number of hydrogen-bond acceptors (Lipinski definition) is 1. The Hall–Kier alpha value is -0.690. The van der Waals surface area contributed by atoms with Crippen molar-refractivity contribution in [2.45, 2.75) is 33.1 Å². The van der Waals surface area contributed by atoms with Crippen LogP contribution in [0.2, 0.25) is 0 Å². The van der Waals surface area contributed by atoms with Gasteiger partial charge in [-0.25, -0.2) is 0 Å². The molecule has 0 amide bonds. The minimum Gasteiger partial charge on any atom is -0.383 e. The molecular weight excluding hydrogens is 194 g/mol. The minimum absolute atomic E-state index is 0.162. The van der Waals surface area contributed by atoms with Crippen molar-refractivity contribution >= 4 is 17.3 Å². The molecule has 1 N–H and O–H groups in total. The molecule has 2 heteroatoms. The van der Waals surface area contributed by atoms with Crippen molar-refractivity contribution in [2.24, 2.45) is 0 Å². The SMILES string of the molecule is Cc1cc(C)c(NCC(C)Cl)c(C)c1. The maximum Gasteiger partial charge on any atom is 0.0480 e. The van der Waals surface area contributed by atoms with Gasteiger partial charge in [0.2, 0.25) is 0 Å². The van der Waals surface area contributed by atoms with Crippen molar-refractivity contribution in [1.82, 2.24) is 0 Å². The van der Waals surface area contributed by atoms with Crippen LogP contribution >= 0.6 is 11.6 Å². The van der Waals surface area contributed by atoms with E-state index in [0.29, 0.717) is 0 Å². The quantitative estimate of drug-likeness (QED) is 0.753. The van der Waals surface area contributed by atoms with Gasteiger partial charge < -0.3 is 5.32 Å². The van der Waals surface area contributed by atoms with Gasteiger partial charge in [0.15, 0.2) is 0 Å². The summed E-state index contributed by atoms with van der Waals surface area (Å²) in [6, 6.07) is 4.38. The molecule has 0 fully saturated rings. The van der Waals surface area contributed by atoms with Crippen LogP contribution in [0.4, 0.5) is 5.69 Å². The largest absolute Gasteiger partial charge is 0.383 e. The Bertz CT molecular complexity index is 295. The molecule has 0 aliphatic carbocycles. The second-order valence-electron chi connectivity index (χ2n) is 3.94. The lowest BCUT2D eigenvalue weighted by Gasteiger charge is -2.14. The summed E-state index contributed by atoms with van der Waals surface area (Å²) < 4.78 is 0. The first-order chi connectivity index (χ1) is 6.50. The fourth-order valence-corrected chi connectivity index (χ4v) is 1.78. The zero-order valence-corrected chi connectivity index (χ0v) is 10.1. The standard InChI is InChI=1S/C12H18ClN/c1-8-5-9(2)12(10(3)6-8)14-7-11(4)13/h5-6,11,14H,7H2,1-4H3. The predicted octanol–water partition coefficient (Wildman–Crippen LogP) is 3.65. The second kappa shape index (κ2) is 4.70. The summed E-state index contributed by atoms with van der Waals surface area (Å²) in [6.07, 6.45) is 0. The smallest absolute Gasteiger partial charge is 0.0480 e. The van der Waals surface area contributed by atoms with Crippen LogP contribution in [0.3, 0.4) is 0 Å². The van der Waals surface area contributed by atoms with Crippen molar-refractivity contribution in [3.8, 4) is 0 Å². The highest BCUT2D eigenvalue weighted by Gasteiger charge is 2.04. The van der Waals surface area contributed by atoms with Crippen molar-refractivity contribution in [1.29, 1.82) is 0 Å². The summed E-state index contributed by atoms with van der Waals surface area (Å²) in [5.41, 5.74) is 5.12. The number of nitrogens with one attached hydrogen (secondary N) is 1. The van der Waals surface area contributed by atoms with E-state index in [0.717, 1.165) is 6.54 Å². The number of rotatable bonds is 3. The van der Waals surface area contributed by atoms with Crippen LogP contribution in [0, 0.1) is 20.8 Å². The Balaban J connectivity index is 2.86. The summed E-state index contributed by atoms with van der Waals surface area (Å²) in [4.78, 5) is 0. The summed E-state index contributed by atoms with van der Waals surface area (Å²) in [5, 5.41) is 3.54. The number of halogens is 1. The first kappa shape index (κ1) is 11.4. The maximum absolute atomic E-state index is 5.90. The van der Waals surface area contributed by atoms with Crippen LogP contribution < -0.4 is 5.32 Å². The van der Waals surface area contributed by atoms with Gasteiger partial charge in [0, 0.05) is 17.6 Å². The summed E-state index contributed by atoms with van der Waals surface area (Å²) in [5.74, 6) is 0. The molecule has 0 spiro atoms. The fraction of sp³-hybridized carbons (Fsp3) is 0.500. The number of anilines is 1. The van der Waals surface area contributed by atoms with E-state index >= 15 is 0 Å². The van der Waals surface area contributed by atoms with Gasteiger partial charge in [0.25, 0.3) is 0 Å². The lowest BCUT2D eigenvalue weighted by molar-refractivity contribution is 0.983. The van der Waals surface area contributed by atoms with E-state index < -0.39 is 0 Å². The molecule has 1 aromatic rings. The van der Waals surface area contributed by atoms with E-state index in [9.17, 15) is 0 Å². The molecule has 0 saturated heterocycles. The van der Waals surface area contributed by atoms with Crippen LogP contribution in [-0.2, 0) is 0 Å². The first-order valence-electron chi connectivity index (χ1n) is 4.96. The Morgan fingerprint density at radius 3 is 2.14 bits per heavy atom. The van der Waals surface area contributed by atoms with E-state index in [1.807, 2.05) is 6.92 Å². The third-order valence-electron chi connectivity index (χ3n) is 2.24. The fourth-order valence-electron chi connectivity index (χ4n) is 1.70. The third kappa shape index (κ3) is 2.91. The molecule has 0 bridgehead atoms. The van der Waals surface area contributed by atoms with Crippen molar-refractivity contribution < 1.29 is 0 Å². The van der Waals surface area contributed by atoms with Gasteiger partial charge in [0.1, 0.15) is 0 Å². The highest BCUT2D eigenvalue weighted by Crippen LogP contribution is 2.21. The molecule has 1 rings (SSSR count). The second-order valence-corrected chi connectivity index (χ2v) is 4.68. The summed E-state index contributed by atoms with van der Waals surface area (Å²) in [7, 11) is 0. The average Bonchev–Trinajstić information content (AvgIpc) is 2.01. The van der Waals surface area contributed by atoms with Gasteiger partial charge in [-0.1, -0.05) is 17.7 Å². The summed E-state index contributed by atoms with van der Waals surface area (Å²) >= 11 is 5.90. The number of alkyl halides is 1. The zero-order chi connectivity index (χ0) is 10.7. The van der Waals surface area contributed by atoms with Gasteiger partial charge in [-0.05, 0) is 38.8 Å². The zero-order valence-electron chi connectivity index (χ0n) is 9.32. The molecule has 1 atom stereocenters. The molecular formula is C12H18ClN. The van der Waals surface area contributed by atoms with Crippen LogP contribution in [0.25, 0.3) is 0 Å². The van der Waals surface area contributed by atoms with Crippen molar-refractivity contribution in [3.63, 3.8) is 0 Å². The monoisotopic (exact) mass is 211 g/mol. The van der Waals surface area contributed by atoms with Gasteiger partial charge in [-0.2, -0.15) is 0 Å². The predicted molar refractivity (Wildman–Crippen MR) is 64.5 cm³/mol. The van der Waals surface area contributed by atoms with Gasteiger partial charge in [0.05, 0.1) is 0 Å². The molecule has 0 heterocycles. The van der Waals surface area contributed by atoms with Crippen LogP contribution in [0.5, 0.6) is 0 Å². The molecule has 1 unspecified atom stereocenters. The molecule has 0 radical (unpaired) electrons. The summed E-state index contributed by atoms with van der Waals surface area (Å²) in [6.45, 7) is 9.18. The minimum atomic E-state index is 0.162. The van der Waals surface area contributed by atoms with Gasteiger partial charge >= 0.3 is 0 Å². The van der Waals surface area contributed by atoms with E-state index in [1.54, 1.807) is 0 Å². The third-order valence-corrected chi connectivity index (χ3v) is 2.39. The van der Waals surface area contributed by atoms with E-state index in [1.165, 1.54) is 22.4 Å². The molecule has 0 aliphatic heterocycles. The lowest BCUT2D eigenvalue weighted by atomic mass is 10.1. The van der Waals surface area contributed by atoms with Crippen LogP contribution in [0.15, 0.2) is 12.1 Å². The highest BCUT2D eigenvalue weighted by atomic mass is 35.5. The number of benzene rings is 1. The topological polar surface area (TPSA) is 12.0 Å². The van der Waals surface area contributed by atoms with E-state index in [4.69, 9.17) is 11.6 Å². The van der Waals surface area contributed by atoms with Gasteiger partial charge in [-0.15, -0.1) is 11.6 Å². The molecule has 78 valence electrons. The average molecular weight is 212 g/mol. The number of aryl methyl sites for hydroxylation is 3. The normalized spacial score (nSPS) is 12.6. The molecule has 0 saturated carbocycles. The maximum atomic E-state index is 5.90. The van der Waals surface area contributed by atoms with Crippen LogP contribution in [0.1, 0.15) is 23.6 Å². The van der Waals surface area contributed by atoms with E-state index in [2.05, 4.69) is 38.2 Å². The van der Waals surface area contributed by atoms with Crippen molar-refractivity contribution in [2.75, 3.05) is 11.9 Å². The Kier molecular flexibility index (Phi) is 3.82. The lowest BCUT2D eigenvalue weighted by Crippen LogP contribution is -2.12.